The first-order valence-corrected chi connectivity index (χ1v) is 7.02. The van der Waals surface area contributed by atoms with Crippen LogP contribution in [-0.2, 0) is 6.42 Å². The van der Waals surface area contributed by atoms with Gasteiger partial charge in [0.25, 0.3) is 0 Å². The smallest absolute Gasteiger partial charge is 0.135 e. The average molecular weight is 262 g/mol. The van der Waals surface area contributed by atoms with Crippen molar-refractivity contribution in [2.45, 2.75) is 25.9 Å². The molecule has 0 saturated carbocycles. The summed E-state index contributed by atoms with van der Waals surface area (Å²) in [5.41, 5.74) is 2.22. The molecule has 3 heteroatoms. The Kier molecular flexibility index (Phi) is 4.39. The highest BCUT2D eigenvalue weighted by Gasteiger charge is 2.16. The highest BCUT2D eigenvalue weighted by Crippen LogP contribution is 2.34. The van der Waals surface area contributed by atoms with Gasteiger partial charge >= 0.3 is 0 Å². The molecule has 0 spiro atoms. The third-order valence-electron chi connectivity index (χ3n) is 2.96. The number of hydrogen-bond donors (Lipinski definition) is 1. The largest absolute Gasteiger partial charge is 0.495 e. The van der Waals surface area contributed by atoms with Crippen molar-refractivity contribution in [2.24, 2.45) is 0 Å². The van der Waals surface area contributed by atoms with Gasteiger partial charge in [0.05, 0.1) is 12.0 Å². The predicted molar refractivity (Wildman–Crippen MR) is 75.4 cm³/mol. The maximum absolute atomic E-state index is 10.3. The molecule has 0 aliphatic rings. The van der Waals surface area contributed by atoms with Gasteiger partial charge in [-0.05, 0) is 29.0 Å². The molecule has 0 saturated heterocycles. The molecule has 0 aliphatic carbocycles. The number of ether oxygens (including phenoxy) is 1. The fraction of sp³-hybridized carbons (Fsp3) is 0.333. The lowest BCUT2D eigenvalue weighted by molar-refractivity contribution is 0.219. The molecule has 1 aromatic heterocycles. The second kappa shape index (κ2) is 6.03. The first-order valence-electron chi connectivity index (χ1n) is 6.14. The van der Waals surface area contributed by atoms with Crippen LogP contribution in [0.1, 0.15) is 35.5 Å². The van der Waals surface area contributed by atoms with Gasteiger partial charge in [-0.25, -0.2) is 0 Å². The van der Waals surface area contributed by atoms with E-state index in [9.17, 15) is 5.11 Å². The number of aliphatic hydroxyl groups excluding tert-OH is 1. The van der Waals surface area contributed by atoms with E-state index in [4.69, 9.17) is 4.74 Å². The van der Waals surface area contributed by atoms with Crippen LogP contribution in [0.3, 0.4) is 0 Å². The van der Waals surface area contributed by atoms with E-state index in [0.29, 0.717) is 0 Å². The number of methoxy groups -OCH3 is 1. The quantitative estimate of drug-likeness (QED) is 0.888. The van der Waals surface area contributed by atoms with Crippen molar-refractivity contribution < 1.29 is 9.84 Å². The minimum absolute atomic E-state index is 0.601. The number of rotatable bonds is 5. The molecule has 1 heterocycles. The van der Waals surface area contributed by atoms with Gasteiger partial charge in [-0.1, -0.05) is 37.6 Å². The van der Waals surface area contributed by atoms with E-state index in [1.807, 2.05) is 23.6 Å². The Labute approximate surface area is 112 Å². The van der Waals surface area contributed by atoms with Crippen LogP contribution in [0, 0.1) is 0 Å². The van der Waals surface area contributed by atoms with E-state index in [2.05, 4.69) is 19.1 Å². The van der Waals surface area contributed by atoms with Crippen LogP contribution in [0.2, 0.25) is 0 Å². The minimum atomic E-state index is -0.601. The molecule has 1 aromatic carbocycles. The average Bonchev–Trinajstić information content (AvgIpc) is 2.87. The molecular weight excluding hydrogens is 244 g/mol. The van der Waals surface area contributed by atoms with Gasteiger partial charge in [-0.15, -0.1) is 11.3 Å². The molecule has 0 amide bonds. The molecule has 96 valence electrons. The molecule has 0 fully saturated rings. The highest BCUT2D eigenvalue weighted by molar-refractivity contribution is 7.10. The lowest BCUT2D eigenvalue weighted by Gasteiger charge is -2.12. The van der Waals surface area contributed by atoms with Crippen LogP contribution in [0.5, 0.6) is 5.75 Å². The zero-order chi connectivity index (χ0) is 13.0. The predicted octanol–water partition coefficient (Wildman–Crippen LogP) is 3.79. The number of benzene rings is 1. The maximum atomic E-state index is 10.3. The minimum Gasteiger partial charge on any atom is -0.495 e. The Morgan fingerprint density at radius 2 is 1.94 bits per heavy atom. The summed E-state index contributed by atoms with van der Waals surface area (Å²) in [7, 11) is 1.63. The van der Waals surface area contributed by atoms with Crippen LogP contribution in [0.25, 0.3) is 0 Å². The summed E-state index contributed by atoms with van der Waals surface area (Å²) >= 11 is 1.52. The summed E-state index contributed by atoms with van der Waals surface area (Å²) in [6.07, 6.45) is 1.62. The Bertz CT molecular complexity index is 487. The Morgan fingerprint density at radius 3 is 2.56 bits per heavy atom. The lowest BCUT2D eigenvalue weighted by Crippen LogP contribution is -1.99. The van der Waals surface area contributed by atoms with Crippen molar-refractivity contribution in [3.05, 3.63) is 51.7 Å². The molecule has 2 nitrogen and oxygen atoms in total. The van der Waals surface area contributed by atoms with Gasteiger partial charge in [-0.2, -0.15) is 0 Å². The molecule has 1 N–H and O–H groups in total. The van der Waals surface area contributed by atoms with Crippen LogP contribution in [0.15, 0.2) is 35.7 Å². The second-order valence-electron chi connectivity index (χ2n) is 4.25. The number of aryl methyl sites for hydroxylation is 1. The van der Waals surface area contributed by atoms with Gasteiger partial charge in [0, 0.05) is 0 Å². The van der Waals surface area contributed by atoms with Crippen molar-refractivity contribution in [2.75, 3.05) is 7.11 Å². The van der Waals surface area contributed by atoms with Gasteiger partial charge in [0.1, 0.15) is 11.9 Å². The zero-order valence-electron chi connectivity index (χ0n) is 10.7. The van der Waals surface area contributed by atoms with Crippen LogP contribution < -0.4 is 4.74 Å². The summed E-state index contributed by atoms with van der Waals surface area (Å²) in [6.45, 7) is 2.17. The fourth-order valence-corrected chi connectivity index (χ4v) is 2.85. The Balaban J connectivity index is 2.20. The first-order chi connectivity index (χ1) is 8.76. The van der Waals surface area contributed by atoms with E-state index < -0.39 is 6.10 Å². The molecule has 1 atom stereocenters. The summed E-state index contributed by atoms with van der Waals surface area (Å²) in [6, 6.07) is 10.0. The van der Waals surface area contributed by atoms with E-state index in [1.54, 1.807) is 7.11 Å². The Hall–Kier alpha value is -1.32. The molecule has 0 bridgehead atoms. The van der Waals surface area contributed by atoms with Crippen molar-refractivity contribution in [3.8, 4) is 5.75 Å². The molecule has 0 radical (unpaired) electrons. The molecule has 18 heavy (non-hydrogen) atoms. The summed E-state index contributed by atoms with van der Waals surface area (Å²) in [4.78, 5) is 0.862. The van der Waals surface area contributed by atoms with Crippen molar-refractivity contribution >= 4 is 11.3 Å². The fourth-order valence-electron chi connectivity index (χ4n) is 1.98. The van der Waals surface area contributed by atoms with Crippen molar-refractivity contribution in [1.29, 1.82) is 0 Å². The molecule has 2 aromatic rings. The number of thiophene rings is 1. The van der Waals surface area contributed by atoms with E-state index in [0.717, 1.165) is 29.0 Å². The maximum Gasteiger partial charge on any atom is 0.135 e. The van der Waals surface area contributed by atoms with Gasteiger partial charge in [0.15, 0.2) is 0 Å². The molecule has 0 aliphatic heterocycles. The second-order valence-corrected chi connectivity index (χ2v) is 5.20. The normalized spacial score (nSPS) is 12.4. The van der Waals surface area contributed by atoms with Crippen LogP contribution >= 0.6 is 11.3 Å². The van der Waals surface area contributed by atoms with E-state index in [1.165, 1.54) is 16.9 Å². The number of hydrogen-bond acceptors (Lipinski definition) is 3. The van der Waals surface area contributed by atoms with Gasteiger partial charge in [-0.3, -0.25) is 0 Å². The molecule has 1 unspecified atom stereocenters. The Morgan fingerprint density at radius 1 is 1.22 bits per heavy atom. The van der Waals surface area contributed by atoms with E-state index >= 15 is 0 Å². The summed E-state index contributed by atoms with van der Waals surface area (Å²) in [5, 5.41) is 12.3. The summed E-state index contributed by atoms with van der Waals surface area (Å²) < 4.78 is 5.24. The third kappa shape index (κ3) is 2.74. The lowest BCUT2D eigenvalue weighted by atomic mass is 10.0. The zero-order valence-corrected chi connectivity index (χ0v) is 11.5. The van der Waals surface area contributed by atoms with Gasteiger partial charge in [0.2, 0.25) is 0 Å². The SMILES string of the molecule is CCCc1ccc(C(O)c2sccc2OC)cc1. The molecule has 2 rings (SSSR count). The monoisotopic (exact) mass is 262 g/mol. The standard InChI is InChI=1S/C15H18O2S/c1-3-4-11-5-7-12(8-6-11)14(16)15-13(17-2)9-10-18-15/h5-10,14,16H,3-4H2,1-2H3. The highest BCUT2D eigenvalue weighted by atomic mass is 32.1. The van der Waals surface area contributed by atoms with Crippen molar-refractivity contribution in [3.63, 3.8) is 0 Å². The van der Waals surface area contributed by atoms with Crippen LogP contribution in [-0.4, -0.2) is 12.2 Å². The third-order valence-corrected chi connectivity index (χ3v) is 3.91. The van der Waals surface area contributed by atoms with Crippen molar-refractivity contribution in [1.82, 2.24) is 0 Å². The first kappa shape index (κ1) is 13.1. The van der Waals surface area contributed by atoms with Crippen LogP contribution in [0.4, 0.5) is 0 Å². The summed E-state index contributed by atoms with van der Waals surface area (Å²) in [5.74, 6) is 0.755. The van der Waals surface area contributed by atoms with E-state index in [-0.39, 0.29) is 0 Å². The topological polar surface area (TPSA) is 29.5 Å². The molecular formula is C15H18O2S. The van der Waals surface area contributed by atoms with Gasteiger partial charge < -0.3 is 9.84 Å². The number of aliphatic hydroxyl groups is 1.